The Kier molecular flexibility index (Phi) is 5.50. The molecule has 2 aliphatic rings. The number of likely N-dealkylation sites (N-methyl/N-ethyl adjacent to an activating group) is 1. The highest BCUT2D eigenvalue weighted by Gasteiger charge is 2.41. The van der Waals surface area contributed by atoms with Gasteiger partial charge in [-0.15, -0.1) is 0 Å². The van der Waals surface area contributed by atoms with Crippen LogP contribution < -0.4 is 0 Å². The van der Waals surface area contributed by atoms with Gasteiger partial charge in [0.25, 0.3) is 0 Å². The molecule has 2 fully saturated rings. The second kappa shape index (κ2) is 8.03. The van der Waals surface area contributed by atoms with Gasteiger partial charge >= 0.3 is 0 Å². The number of methoxy groups -OCH3 is 1. The van der Waals surface area contributed by atoms with E-state index in [0.29, 0.717) is 12.5 Å². The lowest BCUT2D eigenvalue weighted by Crippen LogP contribution is -2.59. The molecule has 4 rings (SSSR count). The molecule has 0 N–H and O–H groups in total. The summed E-state index contributed by atoms with van der Waals surface area (Å²) >= 11 is 0. The van der Waals surface area contributed by atoms with Crippen molar-refractivity contribution >= 4 is 16.9 Å². The molecular formula is C22H30N2O3. The molecular weight excluding hydrogens is 340 g/mol. The summed E-state index contributed by atoms with van der Waals surface area (Å²) < 4.78 is 11.3. The van der Waals surface area contributed by atoms with E-state index >= 15 is 0 Å². The zero-order valence-electron chi connectivity index (χ0n) is 16.4. The van der Waals surface area contributed by atoms with Gasteiger partial charge in [-0.25, -0.2) is 0 Å². The van der Waals surface area contributed by atoms with Gasteiger partial charge in [-0.3, -0.25) is 9.69 Å². The maximum atomic E-state index is 13.2. The Labute approximate surface area is 161 Å². The van der Waals surface area contributed by atoms with E-state index in [0.717, 1.165) is 42.5 Å². The Bertz CT molecular complexity index is 781. The van der Waals surface area contributed by atoms with E-state index in [2.05, 4.69) is 4.90 Å². The van der Waals surface area contributed by atoms with Crippen LogP contribution in [0.2, 0.25) is 0 Å². The van der Waals surface area contributed by atoms with Crippen molar-refractivity contribution < 1.29 is 13.9 Å². The SMILES string of the molecule is COC1CCCC(N2CCCC2)C1N(C)C(=O)Cc1cccc2occc12. The number of ether oxygens (including phenoxy) is 1. The molecule has 1 aromatic heterocycles. The molecule has 27 heavy (non-hydrogen) atoms. The Morgan fingerprint density at radius 2 is 2.04 bits per heavy atom. The molecule has 1 amide bonds. The second-order valence-corrected chi connectivity index (χ2v) is 7.94. The smallest absolute Gasteiger partial charge is 0.227 e. The minimum absolute atomic E-state index is 0.114. The minimum atomic E-state index is 0.114. The number of likely N-dealkylation sites (tertiary alicyclic amines) is 1. The molecule has 0 bridgehead atoms. The quantitative estimate of drug-likeness (QED) is 0.809. The molecule has 2 aromatic rings. The van der Waals surface area contributed by atoms with E-state index in [4.69, 9.17) is 9.15 Å². The fourth-order valence-electron chi connectivity index (χ4n) is 5.02. The molecule has 1 aliphatic heterocycles. The number of nitrogens with zero attached hydrogens (tertiary/aromatic N) is 2. The average molecular weight is 370 g/mol. The van der Waals surface area contributed by atoms with Crippen molar-refractivity contribution in [1.29, 1.82) is 0 Å². The standard InChI is InChI=1S/C22H30N2O3/c1-23(21(25)15-16-7-5-9-19-17(16)11-14-27-19)22-18(24-12-3-4-13-24)8-6-10-20(22)26-2/h5,7,9,11,14,18,20,22H,3-4,6,8,10,12-13,15H2,1-2H3. The molecule has 1 aromatic carbocycles. The van der Waals surface area contributed by atoms with Gasteiger partial charge in [-0.2, -0.15) is 0 Å². The summed E-state index contributed by atoms with van der Waals surface area (Å²) in [6, 6.07) is 8.40. The fourth-order valence-corrected chi connectivity index (χ4v) is 5.02. The summed E-state index contributed by atoms with van der Waals surface area (Å²) in [5, 5.41) is 1.03. The van der Waals surface area contributed by atoms with Crippen LogP contribution in [0.15, 0.2) is 34.9 Å². The first-order chi connectivity index (χ1) is 13.2. The number of amides is 1. The van der Waals surface area contributed by atoms with E-state index in [1.807, 2.05) is 36.2 Å². The van der Waals surface area contributed by atoms with E-state index in [1.54, 1.807) is 13.4 Å². The lowest BCUT2D eigenvalue weighted by Gasteiger charge is -2.46. The summed E-state index contributed by atoms with van der Waals surface area (Å²) in [5.41, 5.74) is 1.87. The summed E-state index contributed by atoms with van der Waals surface area (Å²) in [7, 11) is 3.75. The van der Waals surface area contributed by atoms with Crippen LogP contribution in [0.4, 0.5) is 0 Å². The largest absolute Gasteiger partial charge is 0.464 e. The molecule has 0 radical (unpaired) electrons. The van der Waals surface area contributed by atoms with E-state index in [-0.39, 0.29) is 18.1 Å². The van der Waals surface area contributed by atoms with Crippen LogP contribution in [0.1, 0.15) is 37.7 Å². The topological polar surface area (TPSA) is 45.9 Å². The molecule has 3 atom stereocenters. The van der Waals surface area contributed by atoms with Crippen molar-refractivity contribution in [3.63, 3.8) is 0 Å². The van der Waals surface area contributed by atoms with Crippen molar-refractivity contribution in [3.05, 3.63) is 36.1 Å². The first kappa shape index (κ1) is 18.5. The third-order valence-electron chi connectivity index (χ3n) is 6.44. The molecule has 1 saturated heterocycles. The lowest BCUT2D eigenvalue weighted by molar-refractivity contribution is -0.138. The molecule has 1 saturated carbocycles. The predicted octanol–water partition coefficient (Wildman–Crippen LogP) is 3.47. The van der Waals surface area contributed by atoms with Gasteiger partial charge in [0.05, 0.1) is 24.8 Å². The zero-order chi connectivity index (χ0) is 18.8. The van der Waals surface area contributed by atoms with Gasteiger partial charge in [0.15, 0.2) is 0 Å². The number of carbonyl (C=O) groups is 1. The van der Waals surface area contributed by atoms with Gasteiger partial charge in [-0.1, -0.05) is 12.1 Å². The van der Waals surface area contributed by atoms with Crippen LogP contribution in [0.5, 0.6) is 0 Å². The maximum absolute atomic E-state index is 13.2. The first-order valence-corrected chi connectivity index (χ1v) is 10.2. The summed E-state index contributed by atoms with van der Waals surface area (Å²) in [4.78, 5) is 17.8. The number of furan rings is 1. The van der Waals surface area contributed by atoms with Gasteiger partial charge in [0, 0.05) is 25.6 Å². The van der Waals surface area contributed by atoms with Crippen molar-refractivity contribution in [1.82, 2.24) is 9.80 Å². The van der Waals surface area contributed by atoms with Gasteiger partial charge in [-0.05, 0) is 62.9 Å². The third-order valence-corrected chi connectivity index (χ3v) is 6.44. The van der Waals surface area contributed by atoms with Crippen molar-refractivity contribution in [2.75, 3.05) is 27.2 Å². The molecule has 5 nitrogen and oxygen atoms in total. The number of benzene rings is 1. The van der Waals surface area contributed by atoms with Gasteiger partial charge in [0.2, 0.25) is 5.91 Å². The van der Waals surface area contributed by atoms with Crippen LogP contribution in [-0.2, 0) is 16.0 Å². The maximum Gasteiger partial charge on any atom is 0.227 e. The highest BCUT2D eigenvalue weighted by Crippen LogP contribution is 2.31. The summed E-state index contributed by atoms with van der Waals surface area (Å²) in [6.45, 7) is 2.29. The monoisotopic (exact) mass is 370 g/mol. The van der Waals surface area contributed by atoms with E-state index in [1.165, 1.54) is 19.3 Å². The van der Waals surface area contributed by atoms with E-state index < -0.39 is 0 Å². The Balaban J connectivity index is 1.55. The van der Waals surface area contributed by atoms with E-state index in [9.17, 15) is 4.79 Å². The predicted molar refractivity (Wildman–Crippen MR) is 106 cm³/mol. The molecule has 2 heterocycles. The van der Waals surface area contributed by atoms with Gasteiger partial charge < -0.3 is 14.1 Å². The normalized spacial score (nSPS) is 26.5. The Hall–Kier alpha value is -1.85. The Morgan fingerprint density at radius 1 is 1.22 bits per heavy atom. The molecule has 0 spiro atoms. The Morgan fingerprint density at radius 3 is 2.81 bits per heavy atom. The number of hydrogen-bond donors (Lipinski definition) is 0. The van der Waals surface area contributed by atoms with Crippen LogP contribution in [0.3, 0.4) is 0 Å². The number of fused-ring (bicyclic) bond motifs is 1. The lowest BCUT2D eigenvalue weighted by atomic mass is 9.85. The number of carbonyl (C=O) groups excluding carboxylic acids is 1. The third kappa shape index (κ3) is 3.63. The van der Waals surface area contributed by atoms with Gasteiger partial charge in [0.1, 0.15) is 5.58 Å². The first-order valence-electron chi connectivity index (χ1n) is 10.2. The highest BCUT2D eigenvalue weighted by molar-refractivity contribution is 5.87. The van der Waals surface area contributed by atoms with Crippen LogP contribution >= 0.6 is 0 Å². The van der Waals surface area contributed by atoms with Crippen LogP contribution in [-0.4, -0.2) is 61.1 Å². The highest BCUT2D eigenvalue weighted by atomic mass is 16.5. The molecule has 1 aliphatic carbocycles. The molecule has 3 unspecified atom stereocenters. The zero-order valence-corrected chi connectivity index (χ0v) is 16.4. The number of rotatable bonds is 5. The number of hydrogen-bond acceptors (Lipinski definition) is 4. The van der Waals surface area contributed by atoms with Crippen molar-refractivity contribution in [3.8, 4) is 0 Å². The average Bonchev–Trinajstić information content (AvgIpc) is 3.38. The van der Waals surface area contributed by atoms with Crippen LogP contribution in [0, 0.1) is 0 Å². The van der Waals surface area contributed by atoms with Crippen molar-refractivity contribution in [2.24, 2.45) is 0 Å². The second-order valence-electron chi connectivity index (χ2n) is 7.94. The van der Waals surface area contributed by atoms with Crippen molar-refractivity contribution in [2.45, 2.75) is 56.7 Å². The fraction of sp³-hybridized carbons (Fsp3) is 0.591. The summed E-state index contributed by atoms with van der Waals surface area (Å²) in [6.07, 6.45) is 8.08. The van der Waals surface area contributed by atoms with Crippen LogP contribution in [0.25, 0.3) is 11.0 Å². The molecule has 5 heteroatoms. The summed E-state index contributed by atoms with van der Waals surface area (Å²) in [5.74, 6) is 0.154. The molecule has 146 valence electrons. The minimum Gasteiger partial charge on any atom is -0.464 e.